The summed E-state index contributed by atoms with van der Waals surface area (Å²) in [6, 6.07) is 11.1. The fourth-order valence-electron chi connectivity index (χ4n) is 2.06. The van der Waals surface area contributed by atoms with E-state index in [-0.39, 0.29) is 5.41 Å². The van der Waals surface area contributed by atoms with Crippen molar-refractivity contribution < 1.29 is 5.11 Å². The zero-order chi connectivity index (χ0) is 16.3. The van der Waals surface area contributed by atoms with E-state index < -0.39 is 0 Å². The molecule has 0 aliphatic carbocycles. The maximum Gasteiger partial charge on any atom is 0.119 e. The Bertz CT molecular complexity index is 775. The Morgan fingerprint density at radius 2 is 1.68 bits per heavy atom. The quantitative estimate of drug-likeness (QED) is 0.636. The molecule has 2 N–H and O–H groups in total. The van der Waals surface area contributed by atoms with E-state index in [1.54, 1.807) is 18.2 Å². The van der Waals surface area contributed by atoms with Gasteiger partial charge in [0.05, 0.1) is 0 Å². The molecule has 22 heavy (non-hydrogen) atoms. The van der Waals surface area contributed by atoms with Gasteiger partial charge in [-0.3, -0.25) is 0 Å². The first-order valence-corrected chi connectivity index (χ1v) is 7.41. The smallest absolute Gasteiger partial charge is 0.119 e. The summed E-state index contributed by atoms with van der Waals surface area (Å²) in [7, 11) is 0. The minimum Gasteiger partial charge on any atom is -0.508 e. The number of benzene rings is 2. The lowest BCUT2D eigenvalue weighted by Crippen LogP contribution is -2.11. The highest BCUT2D eigenvalue weighted by atomic mass is 35.5. The molecule has 0 saturated heterocycles. The van der Waals surface area contributed by atoms with Gasteiger partial charge in [-0.1, -0.05) is 50.1 Å². The third-order valence-corrected chi connectivity index (χ3v) is 3.47. The van der Waals surface area contributed by atoms with Gasteiger partial charge in [-0.05, 0) is 42.2 Å². The molecule has 4 nitrogen and oxygen atoms in total. The average molecular weight is 318 g/mol. The summed E-state index contributed by atoms with van der Waals surface area (Å²) in [6.45, 7) is 8.33. The van der Waals surface area contributed by atoms with E-state index in [1.807, 2.05) is 25.1 Å². The zero-order valence-corrected chi connectivity index (χ0v) is 13.9. The molecular formula is C17H20ClN3O. The summed E-state index contributed by atoms with van der Waals surface area (Å²) in [5.74, 6) is 0.396. The Hall–Kier alpha value is -2.07. The Balaban J connectivity index is 0.000000162. The van der Waals surface area contributed by atoms with Crippen LogP contribution in [0.5, 0.6) is 5.75 Å². The summed E-state index contributed by atoms with van der Waals surface area (Å²) in [5.41, 5.74) is 3.87. The van der Waals surface area contributed by atoms with E-state index in [0.29, 0.717) is 10.8 Å². The Morgan fingerprint density at radius 3 is 2.32 bits per heavy atom. The number of aryl methyl sites for hydroxylation is 1. The lowest BCUT2D eigenvalue weighted by atomic mass is 9.85. The van der Waals surface area contributed by atoms with E-state index >= 15 is 0 Å². The lowest BCUT2D eigenvalue weighted by molar-refractivity contribution is 0.446. The number of H-pyrrole nitrogens is 1. The molecule has 5 heteroatoms. The third-order valence-electron chi connectivity index (χ3n) is 3.24. The zero-order valence-electron chi connectivity index (χ0n) is 13.2. The molecule has 0 aliphatic heterocycles. The van der Waals surface area contributed by atoms with Crippen LogP contribution in [0.2, 0.25) is 5.02 Å². The predicted molar refractivity (Wildman–Crippen MR) is 90.4 cm³/mol. The lowest BCUT2D eigenvalue weighted by Gasteiger charge is -2.20. The van der Waals surface area contributed by atoms with Gasteiger partial charge in [0.2, 0.25) is 0 Å². The van der Waals surface area contributed by atoms with Gasteiger partial charge in [-0.2, -0.15) is 15.4 Å². The third kappa shape index (κ3) is 3.98. The van der Waals surface area contributed by atoms with Crippen molar-refractivity contribution in [1.29, 1.82) is 0 Å². The van der Waals surface area contributed by atoms with Gasteiger partial charge in [0.25, 0.3) is 0 Å². The van der Waals surface area contributed by atoms with E-state index in [4.69, 9.17) is 11.6 Å². The molecular weight excluding hydrogens is 298 g/mol. The monoisotopic (exact) mass is 317 g/mol. The van der Waals surface area contributed by atoms with Crippen LogP contribution in [0.25, 0.3) is 11.0 Å². The number of fused-ring (bicyclic) bond motifs is 1. The largest absolute Gasteiger partial charge is 0.508 e. The van der Waals surface area contributed by atoms with Crippen LogP contribution in [0.15, 0.2) is 36.4 Å². The molecule has 0 bridgehead atoms. The number of phenols is 1. The molecule has 0 unspecified atom stereocenters. The summed E-state index contributed by atoms with van der Waals surface area (Å²) in [5, 5.41) is 20.5. The highest BCUT2D eigenvalue weighted by Crippen LogP contribution is 2.30. The molecule has 0 spiro atoms. The molecule has 0 saturated carbocycles. The fourth-order valence-corrected chi connectivity index (χ4v) is 2.23. The van der Waals surface area contributed by atoms with Crippen molar-refractivity contribution in [1.82, 2.24) is 15.4 Å². The minimum absolute atomic E-state index is 0.0239. The van der Waals surface area contributed by atoms with Crippen LogP contribution in [0.4, 0.5) is 0 Å². The van der Waals surface area contributed by atoms with Crippen LogP contribution in [0.1, 0.15) is 31.9 Å². The first-order chi connectivity index (χ1) is 10.3. The first-order valence-electron chi connectivity index (χ1n) is 7.03. The molecule has 0 amide bonds. The minimum atomic E-state index is 0.0239. The molecule has 1 heterocycles. The van der Waals surface area contributed by atoms with Crippen LogP contribution in [0.3, 0.4) is 0 Å². The van der Waals surface area contributed by atoms with Crippen molar-refractivity contribution in [2.45, 2.75) is 33.1 Å². The number of aromatic hydroxyl groups is 1. The molecule has 3 aromatic rings. The average Bonchev–Trinajstić information content (AvgIpc) is 2.88. The number of hydrogen-bond donors (Lipinski definition) is 2. The number of rotatable bonds is 0. The van der Waals surface area contributed by atoms with Crippen LogP contribution in [-0.2, 0) is 5.41 Å². The van der Waals surface area contributed by atoms with E-state index in [9.17, 15) is 5.11 Å². The first kappa shape index (κ1) is 16.3. The predicted octanol–water partition coefficient (Wildman–Crippen LogP) is 4.61. The standard InChI is InChI=1S/C11H16O.C6H4ClN3/c1-8-5-6-10(12)9(7-8)11(2,3)4;7-4-1-2-5-6(3-4)9-10-8-5/h5-7,12H,1-4H3;1-3H,(H,8,9,10). The Morgan fingerprint density at radius 1 is 1.00 bits per heavy atom. The highest BCUT2D eigenvalue weighted by Gasteiger charge is 2.17. The number of nitrogens with zero attached hydrogens (tertiary/aromatic N) is 2. The highest BCUT2D eigenvalue weighted by molar-refractivity contribution is 6.31. The molecule has 3 rings (SSSR count). The maximum atomic E-state index is 9.57. The van der Waals surface area contributed by atoms with Gasteiger partial charge >= 0.3 is 0 Å². The van der Waals surface area contributed by atoms with E-state index in [0.717, 1.165) is 16.6 Å². The van der Waals surface area contributed by atoms with Crippen LogP contribution in [-0.4, -0.2) is 20.5 Å². The van der Waals surface area contributed by atoms with Crippen LogP contribution >= 0.6 is 11.6 Å². The summed E-state index contributed by atoms with van der Waals surface area (Å²) >= 11 is 5.69. The molecule has 0 radical (unpaired) electrons. The topological polar surface area (TPSA) is 61.8 Å². The number of aromatic amines is 1. The van der Waals surface area contributed by atoms with E-state index in [2.05, 4.69) is 36.2 Å². The molecule has 0 atom stereocenters. The van der Waals surface area contributed by atoms with Crippen molar-refractivity contribution in [2.24, 2.45) is 0 Å². The van der Waals surface area contributed by atoms with Gasteiger partial charge in [0.15, 0.2) is 0 Å². The van der Waals surface area contributed by atoms with Gasteiger partial charge in [0, 0.05) is 5.02 Å². The van der Waals surface area contributed by atoms with Crippen molar-refractivity contribution in [2.75, 3.05) is 0 Å². The van der Waals surface area contributed by atoms with Gasteiger partial charge < -0.3 is 5.11 Å². The number of hydrogen-bond acceptors (Lipinski definition) is 3. The van der Waals surface area contributed by atoms with Crippen LogP contribution in [0, 0.1) is 6.92 Å². The summed E-state index contributed by atoms with van der Waals surface area (Å²) < 4.78 is 0. The Kier molecular flexibility index (Phi) is 4.71. The molecule has 1 aromatic heterocycles. The number of nitrogens with one attached hydrogen (secondary N) is 1. The molecule has 116 valence electrons. The fraction of sp³-hybridized carbons (Fsp3) is 0.294. The second-order valence-electron chi connectivity index (χ2n) is 6.23. The second-order valence-corrected chi connectivity index (χ2v) is 6.66. The molecule has 2 aromatic carbocycles. The number of phenolic OH excluding ortho intramolecular Hbond substituents is 1. The van der Waals surface area contributed by atoms with Crippen molar-refractivity contribution in [3.05, 3.63) is 52.5 Å². The van der Waals surface area contributed by atoms with Gasteiger partial charge in [-0.15, -0.1) is 0 Å². The van der Waals surface area contributed by atoms with E-state index in [1.165, 1.54) is 5.56 Å². The van der Waals surface area contributed by atoms with Gasteiger partial charge in [-0.25, -0.2) is 0 Å². The van der Waals surface area contributed by atoms with Crippen molar-refractivity contribution in [3.63, 3.8) is 0 Å². The maximum absolute atomic E-state index is 9.57. The summed E-state index contributed by atoms with van der Waals surface area (Å²) in [4.78, 5) is 0. The molecule has 0 fully saturated rings. The SMILES string of the molecule is Cc1ccc(O)c(C(C)(C)C)c1.Clc1ccc2n[nH]nc2c1. The normalized spacial score (nSPS) is 11.1. The van der Waals surface area contributed by atoms with Crippen molar-refractivity contribution in [3.8, 4) is 5.75 Å². The van der Waals surface area contributed by atoms with Gasteiger partial charge in [0.1, 0.15) is 16.8 Å². The number of aromatic nitrogens is 3. The summed E-state index contributed by atoms with van der Waals surface area (Å²) in [6.07, 6.45) is 0. The van der Waals surface area contributed by atoms with Crippen molar-refractivity contribution >= 4 is 22.6 Å². The second kappa shape index (κ2) is 6.36. The van der Waals surface area contributed by atoms with Crippen LogP contribution < -0.4 is 0 Å². The molecule has 0 aliphatic rings. The Labute approximate surface area is 135 Å². The number of halogens is 1.